The minimum Gasteiger partial charge on any atom is -0.294 e. The van der Waals surface area contributed by atoms with Gasteiger partial charge in [0.25, 0.3) is 0 Å². The first kappa shape index (κ1) is 11.2. The van der Waals surface area contributed by atoms with E-state index >= 15 is 0 Å². The van der Waals surface area contributed by atoms with Crippen molar-refractivity contribution in [2.75, 3.05) is 0 Å². The Morgan fingerprint density at radius 1 is 1.43 bits per heavy atom. The number of Topliss-reactive ketones (excluding diaryl/α,β-unsaturated/α-hetero) is 1. The second-order valence-electron chi connectivity index (χ2n) is 3.39. The van der Waals surface area contributed by atoms with Gasteiger partial charge in [0.05, 0.1) is 0 Å². The molecule has 0 unspecified atom stereocenters. The number of carbonyl (C=O) groups is 1. The molecule has 0 spiro atoms. The molecule has 14 heavy (non-hydrogen) atoms. The van der Waals surface area contributed by atoms with Gasteiger partial charge in [0, 0.05) is 16.5 Å². The van der Waals surface area contributed by atoms with Crippen molar-refractivity contribution in [1.29, 1.82) is 0 Å². The lowest BCUT2D eigenvalue weighted by Crippen LogP contribution is -1.98. The molecule has 2 heteroatoms. The zero-order valence-electron chi connectivity index (χ0n) is 8.22. The molecule has 0 heterocycles. The summed E-state index contributed by atoms with van der Waals surface area (Å²) >= 11 is 3.34. The van der Waals surface area contributed by atoms with Gasteiger partial charge in [-0.05, 0) is 25.5 Å². The topological polar surface area (TPSA) is 17.1 Å². The fourth-order valence-electron chi connectivity index (χ4n) is 1.13. The number of hydrogen-bond donors (Lipinski definition) is 0. The van der Waals surface area contributed by atoms with E-state index in [0.29, 0.717) is 6.42 Å². The molecule has 0 radical (unpaired) electrons. The van der Waals surface area contributed by atoms with Gasteiger partial charge in [0.2, 0.25) is 0 Å². The molecule has 74 valence electrons. The van der Waals surface area contributed by atoms with Crippen LogP contribution in [0.2, 0.25) is 0 Å². The summed E-state index contributed by atoms with van der Waals surface area (Å²) in [6, 6.07) is 7.47. The normalized spacial score (nSPS) is 9.86. The standard InChI is InChI=1S/C12H13BrO/c1-9(2)6-7-12(14)10-4-3-5-11(13)8-10/h3-5,8H,1,6-7H2,2H3. The summed E-state index contributed by atoms with van der Waals surface area (Å²) in [6.07, 6.45) is 1.32. The number of allylic oxidation sites excluding steroid dienone is 1. The van der Waals surface area contributed by atoms with Crippen LogP contribution in [0.4, 0.5) is 0 Å². The SMILES string of the molecule is C=C(C)CCC(=O)c1cccc(Br)c1. The summed E-state index contributed by atoms with van der Waals surface area (Å²) in [4.78, 5) is 11.6. The van der Waals surface area contributed by atoms with Crippen LogP contribution in [0, 0.1) is 0 Å². The van der Waals surface area contributed by atoms with Crippen LogP contribution in [-0.2, 0) is 0 Å². The zero-order chi connectivity index (χ0) is 10.6. The van der Waals surface area contributed by atoms with Crippen LogP contribution in [0.15, 0.2) is 40.9 Å². The molecule has 0 aliphatic heterocycles. The minimum absolute atomic E-state index is 0.175. The highest BCUT2D eigenvalue weighted by molar-refractivity contribution is 9.10. The van der Waals surface area contributed by atoms with Gasteiger partial charge in [-0.2, -0.15) is 0 Å². The molecule has 0 atom stereocenters. The molecule has 0 N–H and O–H groups in total. The molecule has 0 saturated heterocycles. The smallest absolute Gasteiger partial charge is 0.163 e. The number of benzene rings is 1. The Morgan fingerprint density at radius 3 is 2.71 bits per heavy atom. The molecule has 0 aliphatic carbocycles. The summed E-state index contributed by atoms with van der Waals surface area (Å²) < 4.78 is 0.943. The van der Waals surface area contributed by atoms with E-state index in [4.69, 9.17) is 0 Å². The number of ketones is 1. The Morgan fingerprint density at radius 2 is 2.14 bits per heavy atom. The molecule has 0 amide bonds. The van der Waals surface area contributed by atoms with E-state index in [1.165, 1.54) is 0 Å². The van der Waals surface area contributed by atoms with E-state index in [9.17, 15) is 4.79 Å². The lowest BCUT2D eigenvalue weighted by Gasteiger charge is -2.01. The van der Waals surface area contributed by atoms with Crippen molar-refractivity contribution in [1.82, 2.24) is 0 Å². The number of hydrogen-bond acceptors (Lipinski definition) is 1. The van der Waals surface area contributed by atoms with Crippen LogP contribution in [-0.4, -0.2) is 5.78 Å². The Hall–Kier alpha value is -0.890. The molecule has 1 aromatic carbocycles. The predicted octanol–water partition coefficient (Wildman–Crippen LogP) is 3.99. The quantitative estimate of drug-likeness (QED) is 0.585. The van der Waals surface area contributed by atoms with Crippen LogP contribution in [0.5, 0.6) is 0 Å². The van der Waals surface area contributed by atoms with Gasteiger partial charge in [-0.3, -0.25) is 4.79 Å². The molecular formula is C12H13BrO. The summed E-state index contributed by atoms with van der Waals surface area (Å²) in [5.74, 6) is 0.175. The summed E-state index contributed by atoms with van der Waals surface area (Å²) in [6.45, 7) is 5.72. The van der Waals surface area contributed by atoms with Gasteiger partial charge in [-0.15, -0.1) is 6.58 Å². The van der Waals surface area contributed by atoms with Crippen molar-refractivity contribution in [2.24, 2.45) is 0 Å². The van der Waals surface area contributed by atoms with E-state index < -0.39 is 0 Å². The molecule has 0 fully saturated rings. The third kappa shape index (κ3) is 3.46. The van der Waals surface area contributed by atoms with Gasteiger partial charge < -0.3 is 0 Å². The summed E-state index contributed by atoms with van der Waals surface area (Å²) in [5, 5.41) is 0. The van der Waals surface area contributed by atoms with E-state index in [-0.39, 0.29) is 5.78 Å². The van der Waals surface area contributed by atoms with E-state index in [1.807, 2.05) is 31.2 Å². The second-order valence-corrected chi connectivity index (χ2v) is 4.31. The average molecular weight is 253 g/mol. The highest BCUT2D eigenvalue weighted by Gasteiger charge is 2.05. The molecule has 1 nitrogen and oxygen atoms in total. The Bertz CT molecular complexity index is 355. The van der Waals surface area contributed by atoms with Gasteiger partial charge >= 0.3 is 0 Å². The first-order chi connectivity index (χ1) is 6.59. The molecular weight excluding hydrogens is 240 g/mol. The predicted molar refractivity (Wildman–Crippen MR) is 62.5 cm³/mol. The zero-order valence-corrected chi connectivity index (χ0v) is 9.80. The number of carbonyl (C=O) groups excluding carboxylic acids is 1. The highest BCUT2D eigenvalue weighted by atomic mass is 79.9. The molecule has 0 saturated carbocycles. The lowest BCUT2D eigenvalue weighted by molar-refractivity contribution is 0.0983. The first-order valence-electron chi connectivity index (χ1n) is 4.53. The monoisotopic (exact) mass is 252 g/mol. The maximum absolute atomic E-state index is 11.6. The number of rotatable bonds is 4. The van der Waals surface area contributed by atoms with Crippen molar-refractivity contribution in [3.63, 3.8) is 0 Å². The molecule has 0 aliphatic rings. The second kappa shape index (κ2) is 5.11. The van der Waals surface area contributed by atoms with Crippen molar-refractivity contribution in [3.05, 3.63) is 46.5 Å². The van der Waals surface area contributed by atoms with Crippen LogP contribution >= 0.6 is 15.9 Å². The molecule has 0 aromatic heterocycles. The third-order valence-corrected chi connectivity index (χ3v) is 2.42. The van der Waals surface area contributed by atoms with Crippen LogP contribution in [0.3, 0.4) is 0 Å². The first-order valence-corrected chi connectivity index (χ1v) is 5.32. The third-order valence-electron chi connectivity index (χ3n) is 1.93. The minimum atomic E-state index is 0.175. The average Bonchev–Trinajstić information content (AvgIpc) is 2.14. The lowest BCUT2D eigenvalue weighted by atomic mass is 10.0. The van der Waals surface area contributed by atoms with Gasteiger partial charge in [0.15, 0.2) is 5.78 Å². The molecule has 0 bridgehead atoms. The van der Waals surface area contributed by atoms with E-state index in [0.717, 1.165) is 22.0 Å². The fraction of sp³-hybridized carbons (Fsp3) is 0.250. The van der Waals surface area contributed by atoms with Gasteiger partial charge in [-0.1, -0.05) is 33.6 Å². The van der Waals surface area contributed by atoms with Gasteiger partial charge in [-0.25, -0.2) is 0 Å². The number of halogens is 1. The fourth-order valence-corrected chi connectivity index (χ4v) is 1.53. The van der Waals surface area contributed by atoms with Crippen LogP contribution < -0.4 is 0 Å². The largest absolute Gasteiger partial charge is 0.294 e. The van der Waals surface area contributed by atoms with Crippen LogP contribution in [0.25, 0.3) is 0 Å². The highest BCUT2D eigenvalue weighted by Crippen LogP contribution is 2.14. The van der Waals surface area contributed by atoms with Crippen molar-refractivity contribution < 1.29 is 4.79 Å². The van der Waals surface area contributed by atoms with Crippen LogP contribution in [0.1, 0.15) is 30.1 Å². The van der Waals surface area contributed by atoms with Crippen molar-refractivity contribution >= 4 is 21.7 Å². The molecule has 1 rings (SSSR count). The molecule has 1 aromatic rings. The van der Waals surface area contributed by atoms with Crippen molar-refractivity contribution in [2.45, 2.75) is 19.8 Å². The van der Waals surface area contributed by atoms with E-state index in [1.54, 1.807) is 0 Å². The van der Waals surface area contributed by atoms with E-state index in [2.05, 4.69) is 22.5 Å². The maximum atomic E-state index is 11.6. The Labute approximate surface area is 93.0 Å². The van der Waals surface area contributed by atoms with Crippen molar-refractivity contribution in [3.8, 4) is 0 Å². The summed E-state index contributed by atoms with van der Waals surface area (Å²) in [5.41, 5.74) is 1.81. The van der Waals surface area contributed by atoms with Gasteiger partial charge in [0.1, 0.15) is 0 Å². The Balaban J connectivity index is 2.65. The Kier molecular flexibility index (Phi) is 4.08. The maximum Gasteiger partial charge on any atom is 0.163 e. The summed E-state index contributed by atoms with van der Waals surface area (Å²) in [7, 11) is 0.